The van der Waals surface area contributed by atoms with Gasteiger partial charge >= 0.3 is 5.76 Å². The Kier molecular flexibility index (Phi) is 3.85. The number of aromatic nitrogens is 3. The van der Waals surface area contributed by atoms with Gasteiger partial charge < -0.3 is 8.83 Å². The van der Waals surface area contributed by atoms with Crippen molar-refractivity contribution in [2.45, 2.75) is 20.4 Å². The van der Waals surface area contributed by atoms with E-state index in [2.05, 4.69) is 16.1 Å². The molecule has 0 aliphatic carbocycles. The summed E-state index contributed by atoms with van der Waals surface area (Å²) in [5.74, 6) is 0.333. The van der Waals surface area contributed by atoms with Gasteiger partial charge in [-0.25, -0.2) is 9.78 Å². The Morgan fingerprint density at radius 1 is 1.20 bits per heavy atom. The number of thiophene rings is 1. The van der Waals surface area contributed by atoms with Gasteiger partial charge in [0.15, 0.2) is 0 Å². The van der Waals surface area contributed by atoms with Gasteiger partial charge in [-0.3, -0.25) is 0 Å². The molecule has 126 valence electrons. The number of aryl methyl sites for hydroxylation is 2. The number of hydrogen-bond acceptors (Lipinski definition) is 6. The molecule has 6 nitrogen and oxygen atoms in total. The van der Waals surface area contributed by atoms with Crippen LogP contribution in [-0.4, -0.2) is 14.8 Å². The Hall–Kier alpha value is -2.93. The van der Waals surface area contributed by atoms with E-state index in [0.29, 0.717) is 17.5 Å². The average Bonchev–Trinajstić information content (AvgIpc) is 3.30. The number of nitrogens with zero attached hydrogens (tertiary/aromatic N) is 3. The molecule has 3 heterocycles. The minimum atomic E-state index is -0.514. The zero-order chi connectivity index (χ0) is 17.4. The van der Waals surface area contributed by atoms with Crippen molar-refractivity contribution in [3.05, 3.63) is 69.3 Å². The highest BCUT2D eigenvalue weighted by Crippen LogP contribution is 2.24. The molecular weight excluding hydrogens is 338 g/mol. The highest BCUT2D eigenvalue weighted by atomic mass is 32.1. The van der Waals surface area contributed by atoms with Gasteiger partial charge in [0.25, 0.3) is 5.89 Å². The molecule has 1 aromatic carbocycles. The van der Waals surface area contributed by atoms with E-state index in [4.69, 9.17) is 8.83 Å². The molecule has 0 saturated carbocycles. The van der Waals surface area contributed by atoms with Gasteiger partial charge in [0.05, 0.1) is 11.4 Å². The Bertz CT molecular complexity index is 1070. The fraction of sp³-hybridized carbons (Fsp3) is 0.167. The molecule has 4 aromatic rings. The van der Waals surface area contributed by atoms with E-state index < -0.39 is 5.76 Å². The topological polar surface area (TPSA) is 74.1 Å². The molecule has 0 atom stereocenters. The lowest BCUT2D eigenvalue weighted by Gasteiger charge is -2.02. The van der Waals surface area contributed by atoms with Gasteiger partial charge in [0.1, 0.15) is 12.0 Å². The highest BCUT2D eigenvalue weighted by molar-refractivity contribution is 7.13. The third-order valence-electron chi connectivity index (χ3n) is 3.81. The molecular formula is C18H15N3O3S. The molecule has 0 radical (unpaired) electrons. The molecule has 7 heteroatoms. The van der Waals surface area contributed by atoms with Crippen LogP contribution in [0.4, 0.5) is 0 Å². The quantitative estimate of drug-likeness (QED) is 0.556. The number of rotatable bonds is 4. The second-order valence-electron chi connectivity index (χ2n) is 5.77. The van der Waals surface area contributed by atoms with Gasteiger partial charge in [-0.05, 0) is 36.9 Å². The van der Waals surface area contributed by atoms with Gasteiger partial charge in [-0.1, -0.05) is 23.8 Å². The van der Waals surface area contributed by atoms with Gasteiger partial charge in [0.2, 0.25) is 5.89 Å². The Balaban J connectivity index is 1.60. The standard InChI is InChI=1S/C18H15N3O3S/c1-11-5-6-14(12(2)8-11)16-19-13(10-23-16)9-21-18(22)24-17(20-21)15-4-3-7-25-15/h3-8,10H,9H2,1-2H3. The summed E-state index contributed by atoms with van der Waals surface area (Å²) in [5.41, 5.74) is 3.82. The van der Waals surface area contributed by atoms with E-state index in [-0.39, 0.29) is 6.54 Å². The molecule has 0 fully saturated rings. The fourth-order valence-electron chi connectivity index (χ4n) is 2.62. The molecule has 0 saturated heterocycles. The Morgan fingerprint density at radius 3 is 2.84 bits per heavy atom. The normalized spacial score (nSPS) is 11.1. The first-order valence-electron chi connectivity index (χ1n) is 7.74. The second-order valence-corrected chi connectivity index (χ2v) is 6.72. The predicted molar refractivity (Wildman–Crippen MR) is 94.6 cm³/mol. The Morgan fingerprint density at radius 2 is 2.08 bits per heavy atom. The smallest absolute Gasteiger partial charge is 0.437 e. The number of oxazole rings is 1. The molecule has 4 rings (SSSR count). The van der Waals surface area contributed by atoms with Crippen molar-refractivity contribution in [2.75, 3.05) is 0 Å². The molecule has 0 N–H and O–H groups in total. The van der Waals surface area contributed by atoms with E-state index >= 15 is 0 Å². The molecule has 0 amide bonds. The first-order valence-corrected chi connectivity index (χ1v) is 8.62. The highest BCUT2D eigenvalue weighted by Gasteiger charge is 2.14. The molecule has 0 spiro atoms. The summed E-state index contributed by atoms with van der Waals surface area (Å²) in [4.78, 5) is 17.3. The van der Waals surface area contributed by atoms with E-state index in [1.54, 1.807) is 6.26 Å². The summed E-state index contributed by atoms with van der Waals surface area (Å²) < 4.78 is 12.0. The summed E-state index contributed by atoms with van der Waals surface area (Å²) in [6, 6.07) is 9.81. The fourth-order valence-corrected chi connectivity index (χ4v) is 3.26. The van der Waals surface area contributed by atoms with Gasteiger partial charge in [0, 0.05) is 5.56 Å². The lowest BCUT2D eigenvalue weighted by Crippen LogP contribution is -2.16. The van der Waals surface area contributed by atoms with E-state index in [1.807, 2.05) is 43.5 Å². The SMILES string of the molecule is Cc1ccc(-c2nc(Cn3nc(-c4cccs4)oc3=O)co2)c(C)c1. The average molecular weight is 353 g/mol. The third-order valence-corrected chi connectivity index (χ3v) is 4.67. The largest absolute Gasteiger partial charge is 0.444 e. The Labute approximate surface area is 147 Å². The van der Waals surface area contributed by atoms with Crippen LogP contribution in [0.25, 0.3) is 22.2 Å². The summed E-state index contributed by atoms with van der Waals surface area (Å²) >= 11 is 1.47. The maximum absolute atomic E-state index is 12.0. The maximum Gasteiger partial charge on any atom is 0.437 e. The minimum Gasteiger partial charge on any atom is -0.444 e. The van der Waals surface area contributed by atoms with Crippen LogP contribution in [0.2, 0.25) is 0 Å². The number of hydrogen-bond donors (Lipinski definition) is 0. The molecule has 0 aliphatic rings. The summed E-state index contributed by atoms with van der Waals surface area (Å²) in [6.07, 6.45) is 1.54. The van der Waals surface area contributed by atoms with E-state index in [9.17, 15) is 4.79 Å². The van der Waals surface area contributed by atoms with Crippen molar-refractivity contribution in [3.8, 4) is 22.2 Å². The predicted octanol–water partition coefficient (Wildman–Crippen LogP) is 3.88. The van der Waals surface area contributed by atoms with Crippen molar-refractivity contribution in [3.63, 3.8) is 0 Å². The van der Waals surface area contributed by atoms with Crippen LogP contribution in [0.1, 0.15) is 16.8 Å². The van der Waals surface area contributed by atoms with Crippen LogP contribution < -0.4 is 5.76 Å². The van der Waals surface area contributed by atoms with Gasteiger partial charge in [-0.2, -0.15) is 4.68 Å². The van der Waals surface area contributed by atoms with E-state index in [1.165, 1.54) is 21.6 Å². The van der Waals surface area contributed by atoms with E-state index in [0.717, 1.165) is 16.0 Å². The first-order chi connectivity index (χ1) is 12.1. The second kappa shape index (κ2) is 6.18. The van der Waals surface area contributed by atoms with Crippen LogP contribution in [0.5, 0.6) is 0 Å². The lowest BCUT2D eigenvalue weighted by atomic mass is 10.1. The number of benzene rings is 1. The third kappa shape index (κ3) is 3.06. The van der Waals surface area contributed by atoms with Crippen molar-refractivity contribution >= 4 is 11.3 Å². The van der Waals surface area contributed by atoms with Crippen LogP contribution in [0.3, 0.4) is 0 Å². The molecule has 3 aromatic heterocycles. The summed E-state index contributed by atoms with van der Waals surface area (Å²) in [5, 5.41) is 6.13. The zero-order valence-electron chi connectivity index (χ0n) is 13.7. The lowest BCUT2D eigenvalue weighted by molar-refractivity contribution is 0.493. The van der Waals surface area contributed by atoms with Crippen LogP contribution >= 0.6 is 11.3 Å². The monoisotopic (exact) mass is 353 g/mol. The van der Waals surface area contributed by atoms with Crippen molar-refractivity contribution in [2.24, 2.45) is 0 Å². The maximum atomic E-state index is 12.0. The zero-order valence-corrected chi connectivity index (χ0v) is 14.5. The van der Waals surface area contributed by atoms with Crippen LogP contribution in [0, 0.1) is 13.8 Å². The van der Waals surface area contributed by atoms with Crippen molar-refractivity contribution < 1.29 is 8.83 Å². The van der Waals surface area contributed by atoms with Gasteiger partial charge in [-0.15, -0.1) is 16.4 Å². The molecule has 0 bridgehead atoms. The molecule has 0 aliphatic heterocycles. The minimum absolute atomic E-state index is 0.197. The van der Waals surface area contributed by atoms with Crippen molar-refractivity contribution in [1.82, 2.24) is 14.8 Å². The van der Waals surface area contributed by atoms with Crippen LogP contribution in [-0.2, 0) is 6.54 Å². The summed E-state index contributed by atoms with van der Waals surface area (Å²) in [6.45, 7) is 4.25. The summed E-state index contributed by atoms with van der Waals surface area (Å²) in [7, 11) is 0. The van der Waals surface area contributed by atoms with Crippen LogP contribution in [0.15, 0.2) is 55.6 Å². The molecule has 0 unspecified atom stereocenters. The first kappa shape index (κ1) is 15.6. The molecule has 25 heavy (non-hydrogen) atoms. The van der Waals surface area contributed by atoms with Crippen molar-refractivity contribution in [1.29, 1.82) is 0 Å².